The van der Waals surface area contributed by atoms with E-state index in [1.165, 1.54) is 25.8 Å². The second-order valence-corrected chi connectivity index (χ2v) is 4.75. The fourth-order valence-corrected chi connectivity index (χ4v) is 2.33. The molecule has 2 heteroatoms. The van der Waals surface area contributed by atoms with Crippen LogP contribution in [-0.4, -0.2) is 24.2 Å². The molecule has 0 unspecified atom stereocenters. The van der Waals surface area contributed by atoms with Crippen LogP contribution in [0.2, 0.25) is 0 Å². The van der Waals surface area contributed by atoms with Crippen molar-refractivity contribution in [3.63, 3.8) is 0 Å². The quantitative estimate of drug-likeness (QED) is 0.541. The van der Waals surface area contributed by atoms with Crippen LogP contribution in [0.5, 0.6) is 0 Å². The smallest absolute Gasteiger partial charge is 0.0311 e. The van der Waals surface area contributed by atoms with Gasteiger partial charge in [-0.1, -0.05) is 0 Å². The number of hydrogen-bond donors (Lipinski definition) is 2. The maximum absolute atomic E-state index is 3.74. The molecule has 0 aromatic rings. The molecule has 1 saturated heterocycles. The number of piperazine rings is 1. The first-order valence-corrected chi connectivity index (χ1v) is 4.62. The summed E-state index contributed by atoms with van der Waals surface area (Å²) in [5.41, 5.74) is 0.778. The molecule has 1 saturated carbocycles. The fourth-order valence-electron chi connectivity index (χ4n) is 2.33. The standard InChI is InChI=1S/C9H18N2/c1-8(2)6-10-7-9(11-8)4-3-5-9/h10-11H,3-7H2,1-2H3. The SMILES string of the molecule is CC1(C)CNCC2(CCC2)N1. The molecule has 0 aromatic heterocycles. The van der Waals surface area contributed by atoms with Gasteiger partial charge in [0.2, 0.25) is 0 Å². The van der Waals surface area contributed by atoms with Gasteiger partial charge in [0.25, 0.3) is 0 Å². The molecular formula is C9H18N2. The van der Waals surface area contributed by atoms with Crippen molar-refractivity contribution < 1.29 is 0 Å². The van der Waals surface area contributed by atoms with Crippen molar-refractivity contribution in [1.29, 1.82) is 0 Å². The van der Waals surface area contributed by atoms with Crippen LogP contribution in [0.15, 0.2) is 0 Å². The molecule has 0 amide bonds. The summed E-state index contributed by atoms with van der Waals surface area (Å²) in [6.45, 7) is 6.84. The lowest BCUT2D eigenvalue weighted by Crippen LogP contribution is -2.70. The van der Waals surface area contributed by atoms with Gasteiger partial charge in [0.15, 0.2) is 0 Å². The van der Waals surface area contributed by atoms with Gasteiger partial charge in [-0.3, -0.25) is 0 Å². The molecule has 2 rings (SSSR count). The first-order chi connectivity index (χ1) is 5.12. The van der Waals surface area contributed by atoms with Gasteiger partial charge in [0.05, 0.1) is 0 Å². The molecule has 1 aliphatic heterocycles. The Balaban J connectivity index is 2.03. The van der Waals surface area contributed by atoms with Crippen LogP contribution in [0.4, 0.5) is 0 Å². The van der Waals surface area contributed by atoms with Gasteiger partial charge >= 0.3 is 0 Å². The van der Waals surface area contributed by atoms with Crippen LogP contribution in [0.3, 0.4) is 0 Å². The van der Waals surface area contributed by atoms with E-state index in [0.717, 1.165) is 6.54 Å². The molecule has 0 radical (unpaired) electrons. The highest BCUT2D eigenvalue weighted by Crippen LogP contribution is 2.34. The third-order valence-electron chi connectivity index (χ3n) is 2.94. The van der Waals surface area contributed by atoms with Gasteiger partial charge in [-0.25, -0.2) is 0 Å². The van der Waals surface area contributed by atoms with Crippen molar-refractivity contribution in [3.05, 3.63) is 0 Å². The summed E-state index contributed by atoms with van der Waals surface area (Å²) in [5, 5.41) is 7.25. The molecule has 2 nitrogen and oxygen atoms in total. The van der Waals surface area contributed by atoms with E-state index in [-0.39, 0.29) is 0 Å². The molecule has 11 heavy (non-hydrogen) atoms. The average molecular weight is 154 g/mol. The molecule has 2 fully saturated rings. The normalized spacial score (nSPS) is 33.3. The average Bonchev–Trinajstić information content (AvgIpc) is 1.82. The second-order valence-electron chi connectivity index (χ2n) is 4.75. The van der Waals surface area contributed by atoms with Crippen LogP contribution in [0, 0.1) is 0 Å². The topological polar surface area (TPSA) is 24.1 Å². The van der Waals surface area contributed by atoms with Gasteiger partial charge < -0.3 is 10.6 Å². The summed E-state index contributed by atoms with van der Waals surface area (Å²) in [6.07, 6.45) is 4.14. The highest BCUT2D eigenvalue weighted by atomic mass is 15.2. The zero-order valence-corrected chi connectivity index (χ0v) is 7.54. The number of nitrogens with one attached hydrogen (secondary N) is 2. The van der Waals surface area contributed by atoms with Gasteiger partial charge in [-0.2, -0.15) is 0 Å². The minimum atomic E-state index is 0.304. The Bertz CT molecular complexity index is 159. The molecule has 0 aromatic carbocycles. The van der Waals surface area contributed by atoms with E-state index in [4.69, 9.17) is 0 Å². The van der Waals surface area contributed by atoms with E-state index in [1.807, 2.05) is 0 Å². The maximum Gasteiger partial charge on any atom is 0.0311 e. The number of hydrogen-bond acceptors (Lipinski definition) is 2. The minimum absolute atomic E-state index is 0.304. The van der Waals surface area contributed by atoms with Crippen molar-refractivity contribution in [2.45, 2.75) is 44.2 Å². The van der Waals surface area contributed by atoms with Crippen molar-refractivity contribution in [1.82, 2.24) is 10.6 Å². The first kappa shape index (κ1) is 7.56. The molecular weight excluding hydrogens is 136 g/mol. The summed E-state index contributed by atoms with van der Waals surface area (Å²) >= 11 is 0. The molecule has 2 aliphatic rings. The molecule has 0 bridgehead atoms. The van der Waals surface area contributed by atoms with E-state index in [1.54, 1.807) is 0 Å². The van der Waals surface area contributed by atoms with Gasteiger partial charge in [-0.05, 0) is 33.1 Å². The molecule has 1 spiro atoms. The highest BCUT2D eigenvalue weighted by Gasteiger charge is 2.43. The van der Waals surface area contributed by atoms with E-state index >= 15 is 0 Å². The highest BCUT2D eigenvalue weighted by molar-refractivity contribution is 5.05. The van der Waals surface area contributed by atoms with Crippen LogP contribution >= 0.6 is 0 Å². The van der Waals surface area contributed by atoms with Gasteiger partial charge in [0, 0.05) is 24.2 Å². The third kappa shape index (κ3) is 1.30. The van der Waals surface area contributed by atoms with Crippen LogP contribution in [-0.2, 0) is 0 Å². The summed E-state index contributed by atoms with van der Waals surface area (Å²) in [5.74, 6) is 0. The van der Waals surface area contributed by atoms with Crippen molar-refractivity contribution in [2.24, 2.45) is 0 Å². The Morgan fingerprint density at radius 3 is 2.18 bits per heavy atom. The monoisotopic (exact) mass is 154 g/mol. The van der Waals surface area contributed by atoms with Crippen LogP contribution in [0.25, 0.3) is 0 Å². The summed E-state index contributed by atoms with van der Waals surface area (Å²) in [7, 11) is 0. The Morgan fingerprint density at radius 2 is 1.82 bits per heavy atom. The van der Waals surface area contributed by atoms with Crippen molar-refractivity contribution in [2.75, 3.05) is 13.1 Å². The molecule has 2 N–H and O–H groups in total. The molecule has 1 aliphatic carbocycles. The third-order valence-corrected chi connectivity index (χ3v) is 2.94. The predicted octanol–water partition coefficient (Wildman–Crippen LogP) is 0.880. The van der Waals surface area contributed by atoms with Crippen molar-refractivity contribution in [3.8, 4) is 0 Å². The molecule has 64 valence electrons. The van der Waals surface area contributed by atoms with Gasteiger partial charge in [0.1, 0.15) is 0 Å². The van der Waals surface area contributed by atoms with E-state index in [2.05, 4.69) is 24.5 Å². The maximum atomic E-state index is 3.74. The van der Waals surface area contributed by atoms with E-state index in [9.17, 15) is 0 Å². The number of rotatable bonds is 0. The Hall–Kier alpha value is -0.0800. The zero-order chi connectivity index (χ0) is 7.95. The molecule has 1 heterocycles. The summed E-state index contributed by atoms with van der Waals surface area (Å²) < 4.78 is 0. The Kier molecular flexibility index (Phi) is 1.52. The van der Waals surface area contributed by atoms with Crippen LogP contribution in [0.1, 0.15) is 33.1 Å². The lowest BCUT2D eigenvalue weighted by Gasteiger charge is -2.52. The summed E-state index contributed by atoms with van der Waals surface area (Å²) in [4.78, 5) is 0. The Labute approximate surface area is 68.7 Å². The first-order valence-electron chi connectivity index (χ1n) is 4.62. The molecule has 0 atom stereocenters. The zero-order valence-electron chi connectivity index (χ0n) is 7.54. The largest absolute Gasteiger partial charge is 0.313 e. The Morgan fingerprint density at radius 1 is 1.09 bits per heavy atom. The van der Waals surface area contributed by atoms with E-state index < -0.39 is 0 Å². The van der Waals surface area contributed by atoms with Gasteiger partial charge in [-0.15, -0.1) is 0 Å². The van der Waals surface area contributed by atoms with E-state index in [0.29, 0.717) is 11.1 Å². The van der Waals surface area contributed by atoms with Crippen LogP contribution < -0.4 is 10.6 Å². The summed E-state index contributed by atoms with van der Waals surface area (Å²) in [6, 6.07) is 0. The lowest BCUT2D eigenvalue weighted by molar-refractivity contribution is 0.0949. The minimum Gasteiger partial charge on any atom is -0.313 e. The predicted molar refractivity (Wildman–Crippen MR) is 46.7 cm³/mol. The van der Waals surface area contributed by atoms with Crippen molar-refractivity contribution >= 4 is 0 Å². The fraction of sp³-hybridized carbons (Fsp3) is 1.00. The lowest BCUT2D eigenvalue weighted by atomic mass is 9.73. The second kappa shape index (κ2) is 2.20.